The molecular formula is C27H23N3O6S. The highest BCUT2D eigenvalue weighted by atomic mass is 32.1. The van der Waals surface area contributed by atoms with Gasteiger partial charge in [-0.1, -0.05) is 12.1 Å². The highest BCUT2D eigenvalue weighted by Crippen LogP contribution is 2.44. The molecular weight excluding hydrogens is 494 g/mol. The predicted molar refractivity (Wildman–Crippen MR) is 139 cm³/mol. The van der Waals surface area contributed by atoms with E-state index in [1.807, 2.05) is 56.3 Å². The molecule has 0 unspecified atom stereocenters. The number of carbonyl (C=O) groups is 1. The van der Waals surface area contributed by atoms with Crippen molar-refractivity contribution in [2.75, 3.05) is 13.9 Å². The summed E-state index contributed by atoms with van der Waals surface area (Å²) in [5, 5.41) is 11.2. The maximum Gasteiger partial charge on any atom is 0.353 e. The molecule has 0 fully saturated rings. The lowest BCUT2D eigenvalue weighted by molar-refractivity contribution is 0.0687. The number of benzene rings is 3. The van der Waals surface area contributed by atoms with Gasteiger partial charge < -0.3 is 28.6 Å². The number of aromatic nitrogens is 3. The van der Waals surface area contributed by atoms with Crippen LogP contribution in [0, 0.1) is 0 Å². The first-order valence-corrected chi connectivity index (χ1v) is 12.4. The molecule has 3 aromatic carbocycles. The molecule has 6 rings (SSSR count). The summed E-state index contributed by atoms with van der Waals surface area (Å²) >= 11 is 1.15. The van der Waals surface area contributed by atoms with Crippen molar-refractivity contribution in [2.24, 2.45) is 0 Å². The van der Waals surface area contributed by atoms with Crippen molar-refractivity contribution < 1.29 is 28.8 Å². The van der Waals surface area contributed by atoms with Gasteiger partial charge in [0.05, 0.1) is 30.5 Å². The van der Waals surface area contributed by atoms with Gasteiger partial charge in [0.25, 0.3) is 0 Å². The topological polar surface area (TPSA) is 105 Å². The summed E-state index contributed by atoms with van der Waals surface area (Å²) in [6.07, 6.45) is -0.0957. The van der Waals surface area contributed by atoms with E-state index in [1.54, 1.807) is 17.7 Å². The maximum atomic E-state index is 12.8. The zero-order valence-electron chi connectivity index (χ0n) is 20.3. The number of hydrogen-bond donors (Lipinski definition) is 1. The molecule has 9 nitrogen and oxygen atoms in total. The molecule has 1 aliphatic heterocycles. The molecule has 188 valence electrons. The quantitative estimate of drug-likeness (QED) is 0.298. The summed E-state index contributed by atoms with van der Waals surface area (Å²) in [6, 6.07) is 14.9. The number of hydrogen-bond acceptors (Lipinski definition) is 8. The zero-order chi connectivity index (χ0) is 25.7. The van der Waals surface area contributed by atoms with E-state index in [4.69, 9.17) is 18.9 Å². The molecule has 0 aliphatic carbocycles. The largest absolute Gasteiger partial charge is 0.493 e. The third-order valence-electron chi connectivity index (χ3n) is 6.23. The average molecular weight is 518 g/mol. The monoisotopic (exact) mass is 517 g/mol. The minimum atomic E-state index is -1.05. The number of fused-ring (bicyclic) bond motifs is 3. The lowest BCUT2D eigenvalue weighted by Gasteiger charge is -2.15. The van der Waals surface area contributed by atoms with Crippen molar-refractivity contribution in [1.29, 1.82) is 0 Å². The van der Waals surface area contributed by atoms with Crippen LogP contribution in [0.15, 0.2) is 48.5 Å². The smallest absolute Gasteiger partial charge is 0.353 e. The summed E-state index contributed by atoms with van der Waals surface area (Å²) < 4.78 is 33.1. The molecule has 0 spiro atoms. The predicted octanol–water partition coefficient (Wildman–Crippen LogP) is 5.58. The minimum absolute atomic E-state index is 0.0957. The van der Waals surface area contributed by atoms with Gasteiger partial charge in [0.15, 0.2) is 23.0 Å². The fourth-order valence-electron chi connectivity index (χ4n) is 4.70. The Morgan fingerprint density at radius 3 is 2.65 bits per heavy atom. The molecule has 0 atom stereocenters. The minimum Gasteiger partial charge on any atom is -0.493 e. The SMILES string of the molecule is COc1cc2c(-c3ccc4c(c3)OCO4)c(C(=O)O)n(Cc3ccc4nsnc4c3)c2cc1OC(C)C. The van der Waals surface area contributed by atoms with Crippen molar-refractivity contribution >= 4 is 39.6 Å². The standard InChI is InChI=1S/C27H23N3O6S/c1-14(2)36-24-11-20-17(10-22(24)33-3)25(16-5-7-21-23(9-16)35-13-34-21)26(27(31)32)30(20)12-15-4-6-18-19(8-15)29-37-28-18/h4-11,14H,12-13H2,1-3H3,(H,31,32). The molecule has 3 heterocycles. The van der Waals surface area contributed by atoms with Gasteiger partial charge in [-0.15, -0.1) is 0 Å². The van der Waals surface area contributed by atoms with Crippen LogP contribution < -0.4 is 18.9 Å². The van der Waals surface area contributed by atoms with Crippen molar-refractivity contribution in [3.05, 3.63) is 59.8 Å². The molecule has 0 amide bonds. The fourth-order valence-corrected chi connectivity index (χ4v) is 5.22. The zero-order valence-corrected chi connectivity index (χ0v) is 21.2. The molecule has 5 aromatic rings. The molecule has 37 heavy (non-hydrogen) atoms. The first kappa shape index (κ1) is 23.1. The van der Waals surface area contributed by atoms with E-state index in [-0.39, 0.29) is 18.6 Å². The number of aromatic carboxylic acids is 1. The van der Waals surface area contributed by atoms with Crippen LogP contribution in [-0.2, 0) is 6.54 Å². The van der Waals surface area contributed by atoms with E-state index in [0.29, 0.717) is 46.2 Å². The van der Waals surface area contributed by atoms with E-state index in [9.17, 15) is 9.90 Å². The highest BCUT2D eigenvalue weighted by molar-refractivity contribution is 7.00. The van der Waals surface area contributed by atoms with Crippen molar-refractivity contribution in [2.45, 2.75) is 26.5 Å². The van der Waals surface area contributed by atoms with Crippen LogP contribution >= 0.6 is 11.7 Å². The van der Waals surface area contributed by atoms with E-state index in [2.05, 4.69) is 8.75 Å². The van der Waals surface area contributed by atoms with Gasteiger partial charge in [0.2, 0.25) is 6.79 Å². The Kier molecular flexibility index (Phi) is 5.60. The van der Waals surface area contributed by atoms with E-state index in [0.717, 1.165) is 33.7 Å². The molecule has 1 aliphatic rings. The molecule has 2 aromatic heterocycles. The third-order valence-corrected chi connectivity index (χ3v) is 6.79. The van der Waals surface area contributed by atoms with E-state index in [1.165, 1.54) is 0 Å². The first-order valence-electron chi connectivity index (χ1n) is 11.7. The molecule has 1 N–H and O–H groups in total. The molecule has 0 saturated heterocycles. The van der Waals surface area contributed by atoms with Gasteiger partial charge in [-0.3, -0.25) is 0 Å². The Bertz CT molecular complexity index is 1670. The summed E-state index contributed by atoms with van der Waals surface area (Å²) in [5.41, 5.74) is 4.60. The summed E-state index contributed by atoms with van der Waals surface area (Å²) in [6.45, 7) is 4.30. The molecule has 10 heteroatoms. The Hall–Kier alpha value is -4.31. The number of carboxylic acids is 1. The lowest BCUT2D eigenvalue weighted by atomic mass is 10.0. The van der Waals surface area contributed by atoms with Crippen LogP contribution in [0.25, 0.3) is 33.1 Å². The maximum absolute atomic E-state index is 12.8. The summed E-state index contributed by atoms with van der Waals surface area (Å²) in [4.78, 5) is 12.8. The van der Waals surface area contributed by atoms with Gasteiger partial charge in [0.1, 0.15) is 16.7 Å². The van der Waals surface area contributed by atoms with Crippen molar-refractivity contribution in [3.8, 4) is 34.1 Å². The number of nitrogens with zero attached hydrogens (tertiary/aromatic N) is 3. The number of rotatable bonds is 7. The molecule has 0 bridgehead atoms. The van der Waals surface area contributed by atoms with Crippen LogP contribution in [0.4, 0.5) is 0 Å². The fraction of sp³-hybridized carbons (Fsp3) is 0.222. The average Bonchev–Trinajstić information content (AvgIpc) is 3.60. The van der Waals surface area contributed by atoms with E-state index >= 15 is 0 Å². The Balaban J connectivity index is 1.63. The van der Waals surface area contributed by atoms with Gasteiger partial charge in [0, 0.05) is 23.6 Å². The van der Waals surface area contributed by atoms with Gasteiger partial charge in [-0.2, -0.15) is 8.75 Å². The van der Waals surface area contributed by atoms with Crippen molar-refractivity contribution in [3.63, 3.8) is 0 Å². The second-order valence-corrected chi connectivity index (χ2v) is 9.49. The molecule has 0 radical (unpaired) electrons. The number of ether oxygens (including phenoxy) is 4. The van der Waals surface area contributed by atoms with Gasteiger partial charge in [-0.25, -0.2) is 4.79 Å². The van der Waals surface area contributed by atoms with Crippen molar-refractivity contribution in [1.82, 2.24) is 13.3 Å². The second-order valence-electron chi connectivity index (χ2n) is 8.96. The summed E-state index contributed by atoms with van der Waals surface area (Å²) in [5.74, 6) is 1.21. The Morgan fingerprint density at radius 2 is 1.86 bits per heavy atom. The van der Waals surface area contributed by atoms with Gasteiger partial charge in [-0.05, 0) is 55.3 Å². The lowest BCUT2D eigenvalue weighted by Crippen LogP contribution is -2.11. The van der Waals surface area contributed by atoms with Crippen LogP contribution in [0.3, 0.4) is 0 Å². The highest BCUT2D eigenvalue weighted by Gasteiger charge is 2.27. The van der Waals surface area contributed by atoms with Crippen LogP contribution in [0.2, 0.25) is 0 Å². The summed E-state index contributed by atoms with van der Waals surface area (Å²) in [7, 11) is 1.57. The van der Waals surface area contributed by atoms with Crippen LogP contribution in [0.5, 0.6) is 23.0 Å². The first-order chi connectivity index (χ1) is 17.9. The second kappa shape index (κ2) is 8.97. The van der Waals surface area contributed by atoms with Crippen LogP contribution in [0.1, 0.15) is 29.9 Å². The number of carboxylic acid groups (broad SMARTS) is 1. The Morgan fingerprint density at radius 1 is 1.05 bits per heavy atom. The normalized spacial score (nSPS) is 12.5. The van der Waals surface area contributed by atoms with Gasteiger partial charge >= 0.3 is 5.97 Å². The van der Waals surface area contributed by atoms with Crippen LogP contribution in [-0.4, -0.2) is 44.4 Å². The third kappa shape index (κ3) is 3.99. The Labute approximate surface area is 216 Å². The van der Waals surface area contributed by atoms with E-state index < -0.39 is 5.97 Å². The molecule has 0 saturated carbocycles. The number of methoxy groups -OCH3 is 1.